The first-order chi connectivity index (χ1) is 18.6. The second-order valence-corrected chi connectivity index (χ2v) is 9.58. The van der Waals surface area contributed by atoms with Crippen LogP contribution in [0, 0.1) is 0 Å². The van der Waals surface area contributed by atoms with Crippen molar-refractivity contribution in [1.29, 1.82) is 0 Å². The molecule has 0 unspecified atom stereocenters. The molecule has 0 radical (unpaired) electrons. The molecule has 2 aromatic heterocycles. The fourth-order valence-electron chi connectivity index (χ4n) is 5.30. The van der Waals surface area contributed by atoms with Crippen LogP contribution in [0.25, 0.3) is 17.0 Å². The number of hydrogen-bond donors (Lipinski definition) is 1. The minimum absolute atomic E-state index is 0.136. The van der Waals surface area contributed by atoms with Crippen LogP contribution in [0.2, 0.25) is 0 Å². The van der Waals surface area contributed by atoms with Gasteiger partial charge in [-0.1, -0.05) is 6.07 Å². The van der Waals surface area contributed by atoms with E-state index in [0.29, 0.717) is 23.4 Å². The lowest BCUT2D eigenvalue weighted by molar-refractivity contribution is 0.101. The van der Waals surface area contributed by atoms with Gasteiger partial charge in [-0.05, 0) is 55.5 Å². The van der Waals surface area contributed by atoms with Gasteiger partial charge in [-0.3, -0.25) is 9.69 Å². The van der Waals surface area contributed by atoms with Crippen molar-refractivity contribution in [2.45, 2.75) is 20.0 Å². The Labute approximate surface area is 221 Å². The maximum Gasteiger partial charge on any atom is 0.231 e. The van der Waals surface area contributed by atoms with E-state index in [1.165, 1.54) is 0 Å². The molecule has 2 aromatic carbocycles. The highest BCUT2D eigenvalue weighted by molar-refractivity contribution is 6.15. The van der Waals surface area contributed by atoms with Crippen LogP contribution >= 0.6 is 0 Å². The van der Waals surface area contributed by atoms with Crippen LogP contribution in [0.4, 0.5) is 5.82 Å². The van der Waals surface area contributed by atoms with Gasteiger partial charge in [0.2, 0.25) is 5.78 Å². The Morgan fingerprint density at radius 2 is 1.95 bits per heavy atom. The summed E-state index contributed by atoms with van der Waals surface area (Å²) in [6.45, 7) is 6.68. The van der Waals surface area contributed by atoms with Gasteiger partial charge in [0.25, 0.3) is 0 Å². The Hall–Kier alpha value is -4.30. The van der Waals surface area contributed by atoms with Crippen molar-refractivity contribution in [3.63, 3.8) is 0 Å². The van der Waals surface area contributed by atoms with E-state index in [1.54, 1.807) is 25.3 Å². The first-order valence-electron chi connectivity index (χ1n) is 12.9. The van der Waals surface area contributed by atoms with Crippen LogP contribution in [-0.2, 0) is 13.1 Å². The second kappa shape index (κ2) is 9.87. The molecule has 2 aliphatic rings. The van der Waals surface area contributed by atoms with Crippen molar-refractivity contribution >= 4 is 28.6 Å². The zero-order valence-electron chi connectivity index (χ0n) is 21.6. The summed E-state index contributed by atoms with van der Waals surface area (Å²) in [7, 11) is 1.64. The number of phenols is 1. The SMILES string of the molecule is CCn1cc(/C=C2/Oc3c(ccc(O)c3CN3CCN(c4ccccn4)CC3)C2=O)c2cc(OC)ccc21. The van der Waals surface area contributed by atoms with Gasteiger partial charge in [-0.25, -0.2) is 4.98 Å². The van der Waals surface area contributed by atoms with Gasteiger partial charge < -0.3 is 24.0 Å². The Bertz CT molecular complexity index is 1540. The Morgan fingerprint density at radius 1 is 1.11 bits per heavy atom. The van der Waals surface area contributed by atoms with Crippen LogP contribution in [0.1, 0.15) is 28.4 Å². The standard InChI is InChI=1S/C30H30N4O4/c1-3-33-18-20(23-17-21(37-2)7-9-25(23)33)16-27-29(36)22-8-10-26(35)24(30(22)38-27)19-32-12-14-34(15-13-32)28-6-4-5-11-31-28/h4-11,16-18,35H,3,12-15,19H2,1-2H3/b27-16+. The number of carbonyl (C=O) groups is 1. The summed E-state index contributed by atoms with van der Waals surface area (Å²) in [6.07, 6.45) is 5.63. The number of phenolic OH excluding ortho intramolecular Hbond substituents is 1. The maximum absolute atomic E-state index is 13.4. The van der Waals surface area contributed by atoms with Crippen molar-refractivity contribution in [2.75, 3.05) is 38.2 Å². The van der Waals surface area contributed by atoms with Gasteiger partial charge in [0.1, 0.15) is 23.1 Å². The van der Waals surface area contributed by atoms with Crippen LogP contribution in [0.15, 0.2) is 66.7 Å². The van der Waals surface area contributed by atoms with E-state index in [9.17, 15) is 9.90 Å². The van der Waals surface area contributed by atoms with Crippen molar-refractivity contribution in [3.8, 4) is 17.2 Å². The normalized spacial score (nSPS) is 16.7. The predicted molar refractivity (Wildman–Crippen MR) is 147 cm³/mol. The predicted octanol–water partition coefficient (Wildman–Crippen LogP) is 4.71. The van der Waals surface area contributed by atoms with E-state index < -0.39 is 0 Å². The molecule has 38 heavy (non-hydrogen) atoms. The summed E-state index contributed by atoms with van der Waals surface area (Å²) in [4.78, 5) is 22.3. The lowest BCUT2D eigenvalue weighted by atomic mass is 10.0. The maximum atomic E-state index is 13.4. The number of rotatable bonds is 6. The molecule has 0 aliphatic carbocycles. The minimum Gasteiger partial charge on any atom is -0.507 e. The van der Waals surface area contributed by atoms with Crippen LogP contribution in [0.5, 0.6) is 17.2 Å². The molecule has 2 aliphatic heterocycles. The number of ketones is 1. The van der Waals surface area contributed by atoms with Crippen LogP contribution in [-0.4, -0.2) is 58.6 Å². The Morgan fingerprint density at radius 3 is 2.68 bits per heavy atom. The number of hydrogen-bond acceptors (Lipinski definition) is 7. The molecule has 0 saturated carbocycles. The van der Waals surface area contributed by atoms with Crippen molar-refractivity contribution in [2.24, 2.45) is 0 Å². The fourth-order valence-corrected chi connectivity index (χ4v) is 5.30. The summed E-state index contributed by atoms with van der Waals surface area (Å²) in [6, 6.07) is 15.1. The molecule has 0 amide bonds. The Balaban J connectivity index is 1.26. The number of nitrogens with zero attached hydrogens (tertiary/aromatic N) is 4. The number of aromatic nitrogens is 2. The smallest absolute Gasteiger partial charge is 0.231 e. The van der Waals surface area contributed by atoms with E-state index in [0.717, 1.165) is 60.8 Å². The number of allylic oxidation sites excluding steroid dienone is 1. The van der Waals surface area contributed by atoms with Gasteiger partial charge in [-0.15, -0.1) is 0 Å². The molecule has 1 fully saturated rings. The number of benzene rings is 2. The van der Waals surface area contributed by atoms with Crippen LogP contribution < -0.4 is 14.4 Å². The summed E-state index contributed by atoms with van der Waals surface area (Å²) < 4.78 is 13.7. The van der Waals surface area contributed by atoms with Crippen LogP contribution in [0.3, 0.4) is 0 Å². The van der Waals surface area contributed by atoms with E-state index in [2.05, 4.69) is 26.3 Å². The lowest BCUT2D eigenvalue weighted by Crippen LogP contribution is -2.46. The molecule has 0 atom stereocenters. The highest BCUT2D eigenvalue weighted by Crippen LogP contribution is 2.41. The van der Waals surface area contributed by atoms with Crippen molar-refractivity contribution < 1.29 is 19.4 Å². The third kappa shape index (κ3) is 4.26. The number of aryl methyl sites for hydroxylation is 1. The van der Waals surface area contributed by atoms with Gasteiger partial charge in [-0.2, -0.15) is 0 Å². The Kier molecular flexibility index (Phi) is 6.25. The monoisotopic (exact) mass is 510 g/mol. The fraction of sp³-hybridized carbons (Fsp3) is 0.267. The van der Waals surface area contributed by atoms with E-state index in [4.69, 9.17) is 9.47 Å². The third-order valence-corrected chi connectivity index (χ3v) is 7.39. The molecular formula is C30H30N4O4. The average Bonchev–Trinajstić information content (AvgIpc) is 3.47. The molecule has 8 heteroatoms. The molecule has 8 nitrogen and oxygen atoms in total. The first-order valence-corrected chi connectivity index (χ1v) is 12.9. The molecule has 1 saturated heterocycles. The quantitative estimate of drug-likeness (QED) is 0.377. The zero-order valence-corrected chi connectivity index (χ0v) is 21.6. The van der Waals surface area contributed by atoms with Gasteiger partial charge in [0.15, 0.2) is 5.76 Å². The summed E-state index contributed by atoms with van der Waals surface area (Å²) in [5.74, 6) is 2.39. The summed E-state index contributed by atoms with van der Waals surface area (Å²) >= 11 is 0. The molecule has 4 aromatic rings. The molecule has 194 valence electrons. The summed E-state index contributed by atoms with van der Waals surface area (Å²) in [5, 5.41) is 11.7. The number of ether oxygens (including phenoxy) is 2. The largest absolute Gasteiger partial charge is 0.507 e. The number of carbonyl (C=O) groups excluding carboxylic acids is 1. The number of aromatic hydroxyl groups is 1. The van der Waals surface area contributed by atoms with Crippen molar-refractivity contribution in [1.82, 2.24) is 14.5 Å². The number of pyridine rings is 1. The van der Waals surface area contributed by atoms with E-state index in [-0.39, 0.29) is 17.3 Å². The molecule has 0 bridgehead atoms. The zero-order chi connectivity index (χ0) is 26.2. The highest BCUT2D eigenvalue weighted by atomic mass is 16.5. The highest BCUT2D eigenvalue weighted by Gasteiger charge is 2.32. The third-order valence-electron chi connectivity index (χ3n) is 7.39. The van der Waals surface area contributed by atoms with E-state index >= 15 is 0 Å². The molecule has 4 heterocycles. The topological polar surface area (TPSA) is 80.1 Å². The number of Topliss-reactive ketones (excluding diaryl/α,β-unsaturated/α-hetero) is 1. The molecule has 1 N–H and O–H groups in total. The second-order valence-electron chi connectivity index (χ2n) is 9.58. The average molecular weight is 511 g/mol. The number of fused-ring (bicyclic) bond motifs is 2. The number of piperazine rings is 1. The summed E-state index contributed by atoms with van der Waals surface area (Å²) in [5.41, 5.74) is 3.07. The van der Waals surface area contributed by atoms with Crippen molar-refractivity contribution in [3.05, 3.63) is 83.4 Å². The molecule has 0 spiro atoms. The van der Waals surface area contributed by atoms with Gasteiger partial charge in [0.05, 0.1) is 18.2 Å². The number of anilines is 1. The lowest BCUT2D eigenvalue weighted by Gasteiger charge is -2.35. The minimum atomic E-state index is -0.179. The van der Waals surface area contributed by atoms with Gasteiger partial charge >= 0.3 is 0 Å². The first kappa shape index (κ1) is 24.1. The van der Waals surface area contributed by atoms with E-state index in [1.807, 2.05) is 48.8 Å². The van der Waals surface area contributed by atoms with Gasteiger partial charge in [0, 0.05) is 68.1 Å². The number of methoxy groups -OCH3 is 1. The molecule has 6 rings (SSSR count). The molecular weight excluding hydrogens is 480 g/mol.